The molecule has 1 heterocycles. The fourth-order valence-corrected chi connectivity index (χ4v) is 2.79. The second-order valence-electron chi connectivity index (χ2n) is 6.12. The van der Waals surface area contributed by atoms with Gasteiger partial charge in [0.05, 0.1) is 17.5 Å². The molecular weight excluding hydrogens is 344 g/mol. The van der Waals surface area contributed by atoms with E-state index in [0.29, 0.717) is 6.54 Å². The lowest BCUT2D eigenvalue weighted by Gasteiger charge is -2.15. The molecule has 1 atom stereocenters. The summed E-state index contributed by atoms with van der Waals surface area (Å²) in [6.07, 6.45) is 0.493. The molecule has 3 nitrogen and oxygen atoms in total. The summed E-state index contributed by atoms with van der Waals surface area (Å²) in [7, 11) is 0. The van der Waals surface area contributed by atoms with E-state index in [2.05, 4.69) is 12.2 Å². The number of aliphatic hydroxyl groups excluding tert-OH is 1. The summed E-state index contributed by atoms with van der Waals surface area (Å²) < 4.78 is 0. The lowest BCUT2D eigenvalue weighted by Crippen LogP contribution is -2.22. The Kier molecular flexibility index (Phi) is 7.79. The van der Waals surface area contributed by atoms with Gasteiger partial charge in [0.25, 0.3) is 0 Å². The third-order valence-corrected chi connectivity index (χ3v) is 4.14. The zero-order valence-corrected chi connectivity index (χ0v) is 15.7. The molecule has 0 aliphatic rings. The number of nitrogens with zero attached hydrogens (tertiary/aromatic N) is 1. The lowest BCUT2D eigenvalue weighted by molar-refractivity contribution is 0.175. The van der Waals surface area contributed by atoms with Crippen LogP contribution < -0.4 is 5.32 Å². The molecule has 4 heteroatoms. The smallest absolute Gasteiger partial charge is 0.0915 e. The quantitative estimate of drug-likeness (QED) is 0.585. The topological polar surface area (TPSA) is 45.1 Å². The minimum Gasteiger partial charge on any atom is -0.387 e. The highest BCUT2D eigenvalue weighted by atomic mass is 35.5. The zero-order chi connectivity index (χ0) is 17.5. The van der Waals surface area contributed by atoms with Crippen LogP contribution in [-0.2, 0) is 0 Å². The molecule has 0 saturated carbocycles. The van der Waals surface area contributed by atoms with E-state index in [4.69, 9.17) is 4.98 Å². The van der Waals surface area contributed by atoms with Crippen LogP contribution in [0.15, 0.2) is 72.8 Å². The van der Waals surface area contributed by atoms with Crippen LogP contribution in [-0.4, -0.2) is 23.2 Å². The lowest BCUT2D eigenvalue weighted by atomic mass is 10.0. The molecule has 1 unspecified atom stereocenters. The molecule has 2 aromatic carbocycles. The average Bonchev–Trinajstić information content (AvgIpc) is 2.69. The van der Waals surface area contributed by atoms with Crippen LogP contribution in [0.4, 0.5) is 0 Å². The molecule has 0 aliphatic heterocycles. The molecule has 0 bridgehead atoms. The van der Waals surface area contributed by atoms with Gasteiger partial charge in [-0.05, 0) is 30.7 Å². The number of hydrogen-bond acceptors (Lipinski definition) is 3. The largest absolute Gasteiger partial charge is 0.387 e. The first-order valence-corrected chi connectivity index (χ1v) is 8.79. The molecule has 0 fully saturated rings. The van der Waals surface area contributed by atoms with Gasteiger partial charge in [-0.2, -0.15) is 0 Å². The van der Waals surface area contributed by atoms with Gasteiger partial charge in [-0.15, -0.1) is 12.4 Å². The highest BCUT2D eigenvalue weighted by Gasteiger charge is 2.13. The monoisotopic (exact) mass is 368 g/mol. The minimum absolute atomic E-state index is 0. The molecule has 1 aromatic heterocycles. The second-order valence-corrected chi connectivity index (χ2v) is 6.12. The Morgan fingerprint density at radius 1 is 0.885 bits per heavy atom. The van der Waals surface area contributed by atoms with Crippen LogP contribution in [0.25, 0.3) is 22.5 Å². The van der Waals surface area contributed by atoms with Gasteiger partial charge in [-0.3, -0.25) is 0 Å². The van der Waals surface area contributed by atoms with E-state index >= 15 is 0 Å². The van der Waals surface area contributed by atoms with E-state index in [1.165, 1.54) is 0 Å². The van der Waals surface area contributed by atoms with E-state index in [1.807, 2.05) is 72.8 Å². The maximum atomic E-state index is 10.6. The number of pyridine rings is 1. The van der Waals surface area contributed by atoms with Crippen LogP contribution in [0.2, 0.25) is 0 Å². The Hall–Kier alpha value is -2.20. The molecule has 2 N–H and O–H groups in total. The van der Waals surface area contributed by atoms with Gasteiger partial charge >= 0.3 is 0 Å². The normalized spacial score (nSPS) is 11.6. The Balaban J connectivity index is 0.00000243. The van der Waals surface area contributed by atoms with Crippen LogP contribution in [0.3, 0.4) is 0 Å². The van der Waals surface area contributed by atoms with Crippen molar-refractivity contribution in [1.82, 2.24) is 10.3 Å². The van der Waals surface area contributed by atoms with Gasteiger partial charge in [-0.1, -0.05) is 67.6 Å². The van der Waals surface area contributed by atoms with Crippen molar-refractivity contribution in [2.24, 2.45) is 0 Å². The first kappa shape index (κ1) is 20.1. The summed E-state index contributed by atoms with van der Waals surface area (Å²) in [6, 6.07) is 24.2. The van der Waals surface area contributed by atoms with Gasteiger partial charge in [0.15, 0.2) is 0 Å². The van der Waals surface area contributed by atoms with E-state index in [9.17, 15) is 5.11 Å². The molecule has 3 rings (SSSR count). The first-order chi connectivity index (χ1) is 12.3. The van der Waals surface area contributed by atoms with Gasteiger partial charge in [0.1, 0.15) is 0 Å². The first-order valence-electron chi connectivity index (χ1n) is 8.79. The fraction of sp³-hybridized carbons (Fsp3) is 0.227. The number of benzene rings is 2. The van der Waals surface area contributed by atoms with Crippen LogP contribution in [0.1, 0.15) is 25.0 Å². The van der Waals surface area contributed by atoms with Crippen molar-refractivity contribution >= 4 is 12.4 Å². The molecule has 136 valence electrons. The van der Waals surface area contributed by atoms with Crippen molar-refractivity contribution in [3.8, 4) is 22.5 Å². The van der Waals surface area contributed by atoms with Gasteiger partial charge in [0, 0.05) is 17.7 Å². The maximum Gasteiger partial charge on any atom is 0.0915 e. The fourth-order valence-electron chi connectivity index (χ4n) is 2.79. The van der Waals surface area contributed by atoms with Crippen molar-refractivity contribution < 1.29 is 5.11 Å². The van der Waals surface area contributed by atoms with E-state index < -0.39 is 6.10 Å². The molecule has 0 radical (unpaired) electrons. The molecule has 26 heavy (non-hydrogen) atoms. The number of aromatic nitrogens is 1. The van der Waals surface area contributed by atoms with E-state index in [0.717, 1.165) is 41.0 Å². The average molecular weight is 369 g/mol. The summed E-state index contributed by atoms with van der Waals surface area (Å²) in [5.74, 6) is 0. The molecule has 0 spiro atoms. The van der Waals surface area contributed by atoms with E-state index in [-0.39, 0.29) is 12.4 Å². The van der Waals surface area contributed by atoms with Crippen molar-refractivity contribution in [1.29, 1.82) is 0 Å². The van der Waals surface area contributed by atoms with Crippen LogP contribution >= 0.6 is 12.4 Å². The Morgan fingerprint density at radius 3 is 1.85 bits per heavy atom. The predicted octanol–water partition coefficient (Wildman–Crippen LogP) is 4.87. The highest BCUT2D eigenvalue weighted by molar-refractivity contribution is 5.85. The number of rotatable bonds is 7. The number of halogens is 1. The van der Waals surface area contributed by atoms with Crippen LogP contribution in [0, 0.1) is 0 Å². The van der Waals surface area contributed by atoms with Crippen molar-refractivity contribution in [3.05, 3.63) is 78.4 Å². The summed E-state index contributed by atoms with van der Waals surface area (Å²) in [6.45, 7) is 3.56. The van der Waals surface area contributed by atoms with Crippen LogP contribution in [0.5, 0.6) is 0 Å². The third kappa shape index (κ3) is 5.15. The number of nitrogens with one attached hydrogen (secondary N) is 1. The molecule has 0 saturated heterocycles. The van der Waals surface area contributed by atoms with Crippen molar-refractivity contribution in [2.75, 3.05) is 13.1 Å². The highest BCUT2D eigenvalue weighted by Crippen LogP contribution is 2.27. The minimum atomic E-state index is -0.556. The molecule has 0 aliphatic carbocycles. The molecule has 3 aromatic rings. The van der Waals surface area contributed by atoms with E-state index in [1.54, 1.807) is 0 Å². The second kappa shape index (κ2) is 10.1. The summed E-state index contributed by atoms with van der Waals surface area (Å²) in [4.78, 5) is 4.82. The Morgan fingerprint density at radius 2 is 1.38 bits per heavy atom. The number of aliphatic hydroxyl groups is 1. The summed E-state index contributed by atoms with van der Waals surface area (Å²) in [5.41, 5.74) is 4.75. The van der Waals surface area contributed by atoms with Gasteiger partial charge < -0.3 is 10.4 Å². The summed E-state index contributed by atoms with van der Waals surface area (Å²) >= 11 is 0. The third-order valence-electron chi connectivity index (χ3n) is 4.14. The summed E-state index contributed by atoms with van der Waals surface area (Å²) in [5, 5.41) is 13.9. The van der Waals surface area contributed by atoms with Crippen molar-refractivity contribution in [2.45, 2.75) is 19.4 Å². The molecular formula is C22H25ClN2O. The number of hydrogen-bond donors (Lipinski definition) is 2. The Labute approximate surface area is 161 Å². The van der Waals surface area contributed by atoms with Gasteiger partial charge in [0.2, 0.25) is 0 Å². The predicted molar refractivity (Wildman–Crippen MR) is 110 cm³/mol. The standard InChI is InChI=1S/C22H24N2O.ClH/c1-2-13-23-16-22(25)19-14-20(17-9-5-3-6-10-17)24-21(15-19)18-11-7-4-8-12-18;/h3-12,14-15,22-23,25H,2,13,16H2,1H3;1H. The maximum absolute atomic E-state index is 10.6. The van der Waals surface area contributed by atoms with Crippen molar-refractivity contribution in [3.63, 3.8) is 0 Å². The zero-order valence-electron chi connectivity index (χ0n) is 14.9. The Bertz CT molecular complexity index is 736. The molecule has 0 amide bonds. The van der Waals surface area contributed by atoms with Gasteiger partial charge in [-0.25, -0.2) is 4.98 Å². The SMILES string of the molecule is CCCNCC(O)c1cc(-c2ccccc2)nc(-c2ccccc2)c1.Cl.